The van der Waals surface area contributed by atoms with E-state index in [-0.39, 0.29) is 24.3 Å². The van der Waals surface area contributed by atoms with Crippen LogP contribution in [0.25, 0.3) is 0 Å². The van der Waals surface area contributed by atoms with Crippen molar-refractivity contribution in [2.24, 2.45) is 11.8 Å². The van der Waals surface area contributed by atoms with Crippen LogP contribution in [-0.4, -0.2) is 61.6 Å². The molecule has 0 aromatic carbocycles. The number of nitrogens with one attached hydrogen (secondary N) is 1. The molecule has 7 heteroatoms. The fourth-order valence-corrected chi connectivity index (χ4v) is 2.54. The van der Waals surface area contributed by atoms with Crippen LogP contribution < -0.4 is 5.32 Å². The summed E-state index contributed by atoms with van der Waals surface area (Å²) in [6.07, 6.45) is 2.20. The molecular formula is C14H24N2O5. The first-order chi connectivity index (χ1) is 9.95. The highest BCUT2D eigenvalue weighted by atomic mass is 16.5. The van der Waals surface area contributed by atoms with Crippen molar-refractivity contribution in [1.29, 1.82) is 0 Å². The lowest BCUT2D eigenvalue weighted by Gasteiger charge is -2.20. The molecule has 120 valence electrons. The molecule has 2 atom stereocenters. The zero-order valence-corrected chi connectivity index (χ0v) is 12.6. The van der Waals surface area contributed by atoms with Crippen molar-refractivity contribution in [3.63, 3.8) is 0 Å². The molecule has 1 aliphatic rings. The second-order valence-electron chi connectivity index (χ2n) is 5.44. The zero-order chi connectivity index (χ0) is 15.8. The normalized spacial score (nSPS) is 21.0. The van der Waals surface area contributed by atoms with E-state index in [9.17, 15) is 14.4 Å². The predicted octanol–water partition coefficient (Wildman–Crippen LogP) is 0.0984. The molecule has 0 spiro atoms. The summed E-state index contributed by atoms with van der Waals surface area (Å²) in [4.78, 5) is 36.1. The Morgan fingerprint density at radius 1 is 1.29 bits per heavy atom. The van der Waals surface area contributed by atoms with Crippen molar-refractivity contribution < 1.29 is 24.2 Å². The molecule has 7 nitrogen and oxygen atoms in total. The van der Waals surface area contributed by atoms with Gasteiger partial charge >= 0.3 is 5.97 Å². The number of rotatable bonds is 8. The molecule has 21 heavy (non-hydrogen) atoms. The van der Waals surface area contributed by atoms with E-state index < -0.39 is 11.9 Å². The van der Waals surface area contributed by atoms with Gasteiger partial charge in [-0.15, -0.1) is 0 Å². The SMILES string of the molecule is COCCCNC(=O)CN(C)C(=O)C1CCC(C(=O)O)C1. The summed E-state index contributed by atoms with van der Waals surface area (Å²) in [5.74, 6) is -1.92. The number of ether oxygens (including phenoxy) is 1. The summed E-state index contributed by atoms with van der Waals surface area (Å²) in [5, 5.41) is 11.7. The highest BCUT2D eigenvalue weighted by Crippen LogP contribution is 2.32. The first kappa shape index (κ1) is 17.4. The number of nitrogens with zero attached hydrogens (tertiary/aromatic N) is 1. The van der Waals surface area contributed by atoms with E-state index in [1.54, 1.807) is 14.2 Å². The third kappa shape index (κ3) is 5.71. The quantitative estimate of drug-likeness (QED) is 0.620. The largest absolute Gasteiger partial charge is 0.481 e. The highest BCUT2D eigenvalue weighted by Gasteiger charge is 2.35. The highest BCUT2D eigenvalue weighted by molar-refractivity contribution is 5.86. The summed E-state index contributed by atoms with van der Waals surface area (Å²) in [6.45, 7) is 1.09. The number of carbonyl (C=O) groups is 3. The number of carboxylic acids is 1. The van der Waals surface area contributed by atoms with E-state index >= 15 is 0 Å². The molecule has 1 saturated carbocycles. The van der Waals surface area contributed by atoms with Gasteiger partial charge in [0.05, 0.1) is 12.5 Å². The van der Waals surface area contributed by atoms with Crippen LogP contribution in [0.5, 0.6) is 0 Å². The minimum Gasteiger partial charge on any atom is -0.481 e. The van der Waals surface area contributed by atoms with Crippen molar-refractivity contribution in [2.75, 3.05) is 33.9 Å². The summed E-state index contributed by atoms with van der Waals surface area (Å²) < 4.78 is 4.88. The standard InChI is InChI=1S/C14H24N2O5/c1-16(9-12(17)15-6-3-7-21-2)13(18)10-4-5-11(8-10)14(19)20/h10-11H,3-9H2,1-2H3,(H,15,17)(H,19,20). The fourth-order valence-electron chi connectivity index (χ4n) is 2.54. The maximum absolute atomic E-state index is 12.2. The number of amides is 2. The third-order valence-electron chi connectivity index (χ3n) is 3.74. The van der Waals surface area contributed by atoms with Gasteiger partial charge in [0.25, 0.3) is 0 Å². The van der Waals surface area contributed by atoms with Gasteiger partial charge in [0.2, 0.25) is 11.8 Å². The lowest BCUT2D eigenvalue weighted by atomic mass is 10.0. The monoisotopic (exact) mass is 300 g/mol. The Bertz CT molecular complexity index is 386. The molecule has 0 radical (unpaired) electrons. The number of methoxy groups -OCH3 is 1. The molecule has 0 aliphatic heterocycles. The number of aliphatic carboxylic acids is 1. The maximum atomic E-state index is 12.2. The van der Waals surface area contributed by atoms with Gasteiger partial charge in [-0.25, -0.2) is 0 Å². The van der Waals surface area contributed by atoms with Crippen molar-refractivity contribution in [2.45, 2.75) is 25.7 Å². The molecule has 0 aromatic heterocycles. The van der Waals surface area contributed by atoms with E-state index in [1.165, 1.54) is 4.90 Å². The molecule has 0 heterocycles. The van der Waals surface area contributed by atoms with Gasteiger partial charge in [-0.2, -0.15) is 0 Å². The first-order valence-electron chi connectivity index (χ1n) is 7.19. The second-order valence-corrected chi connectivity index (χ2v) is 5.44. The molecule has 1 fully saturated rings. The molecule has 1 aliphatic carbocycles. The topological polar surface area (TPSA) is 95.9 Å². The van der Waals surface area contributed by atoms with Crippen molar-refractivity contribution in [3.05, 3.63) is 0 Å². The van der Waals surface area contributed by atoms with Gasteiger partial charge in [0.15, 0.2) is 0 Å². The van der Waals surface area contributed by atoms with Crippen molar-refractivity contribution >= 4 is 17.8 Å². The van der Waals surface area contributed by atoms with Gasteiger partial charge < -0.3 is 20.1 Å². The lowest BCUT2D eigenvalue weighted by Crippen LogP contribution is -2.41. The molecule has 1 rings (SSSR count). The van der Waals surface area contributed by atoms with E-state index in [0.29, 0.717) is 32.4 Å². The molecule has 0 bridgehead atoms. The van der Waals surface area contributed by atoms with Gasteiger partial charge in [-0.05, 0) is 25.7 Å². The van der Waals surface area contributed by atoms with Crippen LogP contribution in [0.3, 0.4) is 0 Å². The summed E-state index contributed by atoms with van der Waals surface area (Å²) in [6, 6.07) is 0. The van der Waals surface area contributed by atoms with Crippen LogP contribution in [0.4, 0.5) is 0 Å². The van der Waals surface area contributed by atoms with Crippen molar-refractivity contribution in [1.82, 2.24) is 10.2 Å². The Balaban J connectivity index is 2.31. The van der Waals surface area contributed by atoms with Gasteiger partial charge in [0.1, 0.15) is 0 Å². The molecule has 2 amide bonds. The van der Waals surface area contributed by atoms with Crippen LogP contribution >= 0.6 is 0 Å². The average Bonchev–Trinajstić information content (AvgIpc) is 2.92. The summed E-state index contributed by atoms with van der Waals surface area (Å²) in [7, 11) is 3.17. The Morgan fingerprint density at radius 2 is 1.95 bits per heavy atom. The van der Waals surface area contributed by atoms with E-state index in [0.717, 1.165) is 6.42 Å². The predicted molar refractivity (Wildman–Crippen MR) is 75.6 cm³/mol. The molecule has 0 aromatic rings. The van der Waals surface area contributed by atoms with Crippen LogP contribution in [0.15, 0.2) is 0 Å². The Hall–Kier alpha value is -1.63. The van der Waals surface area contributed by atoms with Crippen LogP contribution in [0.1, 0.15) is 25.7 Å². The zero-order valence-electron chi connectivity index (χ0n) is 12.6. The van der Waals surface area contributed by atoms with Crippen LogP contribution in [-0.2, 0) is 19.1 Å². The fraction of sp³-hybridized carbons (Fsp3) is 0.786. The average molecular weight is 300 g/mol. The number of likely N-dealkylation sites (N-methyl/N-ethyl adjacent to an activating group) is 1. The number of hydrogen-bond acceptors (Lipinski definition) is 4. The Labute approximate surface area is 124 Å². The maximum Gasteiger partial charge on any atom is 0.306 e. The summed E-state index contributed by atoms with van der Waals surface area (Å²) >= 11 is 0. The molecular weight excluding hydrogens is 276 g/mol. The Morgan fingerprint density at radius 3 is 2.52 bits per heavy atom. The van der Waals surface area contributed by atoms with Gasteiger partial charge in [0, 0.05) is 33.2 Å². The minimum absolute atomic E-state index is 0.0000531. The van der Waals surface area contributed by atoms with Crippen molar-refractivity contribution in [3.8, 4) is 0 Å². The molecule has 0 saturated heterocycles. The van der Waals surface area contributed by atoms with Gasteiger partial charge in [-0.1, -0.05) is 0 Å². The first-order valence-corrected chi connectivity index (χ1v) is 7.19. The lowest BCUT2D eigenvalue weighted by molar-refractivity contribution is -0.142. The van der Waals surface area contributed by atoms with E-state index in [4.69, 9.17) is 9.84 Å². The van der Waals surface area contributed by atoms with Crippen LogP contribution in [0, 0.1) is 11.8 Å². The smallest absolute Gasteiger partial charge is 0.306 e. The van der Waals surface area contributed by atoms with Crippen LogP contribution in [0.2, 0.25) is 0 Å². The van der Waals surface area contributed by atoms with E-state index in [2.05, 4.69) is 5.32 Å². The number of hydrogen-bond donors (Lipinski definition) is 2. The summed E-state index contributed by atoms with van der Waals surface area (Å²) in [5.41, 5.74) is 0. The second kappa shape index (κ2) is 8.61. The molecule has 2 unspecified atom stereocenters. The van der Waals surface area contributed by atoms with Gasteiger partial charge in [-0.3, -0.25) is 14.4 Å². The number of carbonyl (C=O) groups excluding carboxylic acids is 2. The molecule has 2 N–H and O–H groups in total. The van der Waals surface area contributed by atoms with E-state index in [1.807, 2.05) is 0 Å². The minimum atomic E-state index is -0.844. The third-order valence-corrected chi connectivity index (χ3v) is 3.74. The number of carboxylic acid groups (broad SMARTS) is 1. The Kier molecular flexibility index (Phi) is 7.14.